The molecule has 0 saturated carbocycles. The lowest BCUT2D eigenvalue weighted by Crippen LogP contribution is -2.39. The molecule has 168 valence electrons. The van der Waals surface area contributed by atoms with Gasteiger partial charge in [0.1, 0.15) is 28.9 Å². The summed E-state index contributed by atoms with van der Waals surface area (Å²) in [5.74, 6) is 0.638. The molecule has 2 aromatic carbocycles. The second-order valence-corrected chi connectivity index (χ2v) is 8.06. The van der Waals surface area contributed by atoms with E-state index in [0.29, 0.717) is 12.4 Å². The molecule has 1 aliphatic heterocycles. The lowest BCUT2D eigenvalue weighted by atomic mass is 10.0. The number of amides is 1. The summed E-state index contributed by atoms with van der Waals surface area (Å²) in [6, 6.07) is 7.77. The van der Waals surface area contributed by atoms with Crippen molar-refractivity contribution >= 4 is 23.0 Å². The zero-order chi connectivity index (χ0) is 23.0. The molecule has 2 heterocycles. The first-order chi connectivity index (χ1) is 15.3. The summed E-state index contributed by atoms with van der Waals surface area (Å²) in [6.07, 6.45) is 1.46. The number of phenols is 1. The normalized spacial score (nSPS) is 16.8. The van der Waals surface area contributed by atoms with Gasteiger partial charge in [0, 0.05) is 20.7 Å². The van der Waals surface area contributed by atoms with E-state index in [4.69, 9.17) is 9.15 Å². The third-order valence-electron chi connectivity index (χ3n) is 5.55. The fourth-order valence-electron chi connectivity index (χ4n) is 3.83. The third kappa shape index (κ3) is 3.87. The molecule has 32 heavy (non-hydrogen) atoms. The molecule has 2 unspecified atom stereocenters. The topological polar surface area (TPSA) is 121 Å². The fraction of sp³-hybridized carbons (Fsp3) is 0.348. The van der Waals surface area contributed by atoms with Gasteiger partial charge in [0.15, 0.2) is 5.75 Å². The Hall–Kier alpha value is -3.59. The monoisotopic (exact) mass is 439 g/mol. The predicted molar refractivity (Wildman–Crippen MR) is 120 cm³/mol. The van der Waals surface area contributed by atoms with Crippen LogP contribution in [-0.4, -0.2) is 42.7 Å². The summed E-state index contributed by atoms with van der Waals surface area (Å²) in [7, 11) is 3.14. The summed E-state index contributed by atoms with van der Waals surface area (Å²) in [4.78, 5) is 38.4. The van der Waals surface area contributed by atoms with Gasteiger partial charge in [0.05, 0.1) is 17.4 Å². The molecule has 0 aliphatic carbocycles. The summed E-state index contributed by atoms with van der Waals surface area (Å²) < 4.78 is 11.6. The minimum absolute atomic E-state index is 0.0195. The predicted octanol–water partition coefficient (Wildman–Crippen LogP) is 2.67. The van der Waals surface area contributed by atoms with Crippen molar-refractivity contribution in [2.75, 3.05) is 31.3 Å². The lowest BCUT2D eigenvalue weighted by molar-refractivity contribution is 0.0824. The number of nitrogens with one attached hydrogen (secondary N) is 2. The van der Waals surface area contributed by atoms with Crippen molar-refractivity contribution in [3.8, 4) is 5.75 Å². The van der Waals surface area contributed by atoms with E-state index >= 15 is 0 Å². The van der Waals surface area contributed by atoms with Crippen LogP contribution in [0.2, 0.25) is 0 Å². The van der Waals surface area contributed by atoms with Gasteiger partial charge in [-0.25, -0.2) is 0 Å². The van der Waals surface area contributed by atoms with Crippen LogP contribution < -0.4 is 21.5 Å². The second-order valence-electron chi connectivity index (χ2n) is 8.06. The Labute approximate surface area is 184 Å². The van der Waals surface area contributed by atoms with E-state index in [1.54, 1.807) is 20.2 Å². The van der Waals surface area contributed by atoms with E-state index in [1.165, 1.54) is 17.0 Å². The Morgan fingerprint density at radius 1 is 1.16 bits per heavy atom. The van der Waals surface area contributed by atoms with Crippen molar-refractivity contribution in [3.05, 3.63) is 67.9 Å². The molecule has 2 atom stereocenters. The number of carbonyl (C=O) groups excluding carboxylic acids is 1. The number of rotatable bonds is 7. The van der Waals surface area contributed by atoms with Crippen LogP contribution >= 0.6 is 0 Å². The summed E-state index contributed by atoms with van der Waals surface area (Å²) in [5.41, 5.74) is -1.04. The van der Waals surface area contributed by atoms with Crippen LogP contribution in [0.25, 0.3) is 0 Å². The number of anilines is 3. The number of hydrogen-bond acceptors (Lipinski definition) is 8. The van der Waals surface area contributed by atoms with Crippen LogP contribution in [-0.2, 0) is 4.74 Å². The third-order valence-corrected chi connectivity index (χ3v) is 5.55. The summed E-state index contributed by atoms with van der Waals surface area (Å²) >= 11 is 0. The number of carbonyl (C=O) groups is 1. The van der Waals surface area contributed by atoms with Gasteiger partial charge in [-0.2, -0.15) is 0 Å². The molecular formula is C23H25N3O6. The highest BCUT2D eigenvalue weighted by Gasteiger charge is 2.33. The van der Waals surface area contributed by atoms with Crippen molar-refractivity contribution in [1.82, 2.24) is 4.90 Å². The van der Waals surface area contributed by atoms with Crippen LogP contribution in [0.3, 0.4) is 0 Å². The molecule has 0 spiro atoms. The number of aromatic hydroxyl groups is 1. The van der Waals surface area contributed by atoms with E-state index in [0.717, 1.165) is 18.6 Å². The van der Waals surface area contributed by atoms with Crippen LogP contribution in [0.4, 0.5) is 17.1 Å². The standard InChI is InChI=1S/C23H25N3O6/c1-12-9-10-16(32-12)17(15-8-5-11-31-15)25-19-18(21(28)22(19)29)24-14-7-4-6-13(20(14)27)23(30)26(2)3/h4,6-7,9-10,15,17,24-25,27H,5,8,11H2,1-3H3. The smallest absolute Gasteiger partial charge is 0.257 e. The van der Waals surface area contributed by atoms with Gasteiger partial charge < -0.3 is 29.8 Å². The Balaban J connectivity index is 1.64. The Morgan fingerprint density at radius 2 is 1.91 bits per heavy atom. The van der Waals surface area contributed by atoms with Crippen LogP contribution in [0.1, 0.15) is 40.8 Å². The molecule has 3 N–H and O–H groups in total. The van der Waals surface area contributed by atoms with Crippen LogP contribution in [0.5, 0.6) is 5.75 Å². The lowest BCUT2D eigenvalue weighted by Gasteiger charge is -2.25. The first-order valence-corrected chi connectivity index (χ1v) is 10.4. The second kappa shape index (κ2) is 8.51. The summed E-state index contributed by atoms with van der Waals surface area (Å²) in [6.45, 7) is 2.44. The quantitative estimate of drug-likeness (QED) is 0.380. The molecule has 3 aromatic rings. The summed E-state index contributed by atoms with van der Waals surface area (Å²) in [5, 5.41) is 16.5. The zero-order valence-electron chi connectivity index (χ0n) is 18.1. The molecule has 1 fully saturated rings. The number of hydrogen-bond donors (Lipinski definition) is 3. The van der Waals surface area contributed by atoms with E-state index < -0.39 is 16.9 Å². The van der Waals surface area contributed by atoms with Gasteiger partial charge in [0.25, 0.3) is 16.8 Å². The van der Waals surface area contributed by atoms with Gasteiger partial charge in [-0.15, -0.1) is 0 Å². The van der Waals surface area contributed by atoms with Gasteiger partial charge in [-0.1, -0.05) is 6.07 Å². The molecule has 1 aromatic heterocycles. The molecule has 4 rings (SSSR count). The van der Waals surface area contributed by atoms with Crippen LogP contribution in [0.15, 0.2) is 44.3 Å². The molecule has 9 heteroatoms. The molecule has 1 saturated heterocycles. The van der Waals surface area contributed by atoms with Gasteiger partial charge in [-0.05, 0) is 44.0 Å². The van der Waals surface area contributed by atoms with E-state index in [2.05, 4.69) is 10.6 Å². The maximum Gasteiger partial charge on any atom is 0.257 e. The largest absolute Gasteiger partial charge is 0.505 e. The number of para-hydroxylation sites is 1. The highest BCUT2D eigenvalue weighted by atomic mass is 16.5. The first kappa shape index (κ1) is 21.6. The molecule has 0 bridgehead atoms. The van der Waals surface area contributed by atoms with E-state index in [9.17, 15) is 19.5 Å². The Kier molecular flexibility index (Phi) is 5.75. The van der Waals surface area contributed by atoms with Crippen molar-refractivity contribution in [2.24, 2.45) is 0 Å². The van der Waals surface area contributed by atoms with Gasteiger partial charge >= 0.3 is 0 Å². The molecule has 0 radical (unpaired) electrons. The number of ether oxygens (including phenoxy) is 1. The zero-order valence-corrected chi connectivity index (χ0v) is 18.1. The first-order valence-electron chi connectivity index (χ1n) is 10.4. The van der Waals surface area contributed by atoms with Crippen molar-refractivity contribution in [3.63, 3.8) is 0 Å². The minimum Gasteiger partial charge on any atom is -0.505 e. The van der Waals surface area contributed by atoms with Gasteiger partial charge in [-0.3, -0.25) is 14.4 Å². The average molecular weight is 439 g/mol. The number of furan rings is 1. The van der Waals surface area contributed by atoms with E-state index in [-0.39, 0.29) is 40.4 Å². The number of aryl methyl sites for hydroxylation is 1. The SMILES string of the molecule is Cc1ccc(C(Nc2c(Nc3cccc(C(=O)N(C)C)c3O)c(=O)c2=O)C2CCCO2)o1. The van der Waals surface area contributed by atoms with Gasteiger partial charge in [0.2, 0.25) is 0 Å². The fourth-order valence-corrected chi connectivity index (χ4v) is 3.83. The molecule has 1 aliphatic rings. The number of nitrogens with zero attached hydrogens (tertiary/aromatic N) is 1. The Bertz CT molecular complexity index is 1220. The maximum atomic E-state index is 12.4. The van der Waals surface area contributed by atoms with Crippen molar-refractivity contribution < 1.29 is 19.1 Å². The molecular weight excluding hydrogens is 414 g/mol. The maximum absolute atomic E-state index is 12.4. The number of phenolic OH excluding ortho intramolecular Hbond substituents is 1. The van der Waals surface area contributed by atoms with Crippen molar-refractivity contribution in [2.45, 2.75) is 31.9 Å². The average Bonchev–Trinajstić information content (AvgIpc) is 3.45. The highest BCUT2D eigenvalue weighted by Crippen LogP contribution is 2.35. The highest BCUT2D eigenvalue weighted by molar-refractivity contribution is 5.99. The van der Waals surface area contributed by atoms with E-state index in [1.807, 2.05) is 19.1 Å². The molecule has 1 amide bonds. The Morgan fingerprint density at radius 3 is 2.53 bits per heavy atom. The van der Waals surface area contributed by atoms with Crippen LogP contribution in [0, 0.1) is 6.92 Å². The molecule has 9 nitrogen and oxygen atoms in total. The van der Waals surface area contributed by atoms with Crippen molar-refractivity contribution in [1.29, 1.82) is 0 Å². The minimum atomic E-state index is -0.710. The number of benzene rings is 1.